The number of rotatable bonds is 4. The number of ether oxygens (including phenoxy) is 1. The van der Waals surface area contributed by atoms with Crippen molar-refractivity contribution in [1.82, 2.24) is 0 Å². The number of esters is 1. The van der Waals surface area contributed by atoms with Crippen molar-refractivity contribution >= 4 is 28.6 Å². The van der Waals surface area contributed by atoms with Crippen LogP contribution in [0.1, 0.15) is 27.0 Å². The maximum absolute atomic E-state index is 11.5. The van der Waals surface area contributed by atoms with Gasteiger partial charge < -0.3 is 4.74 Å². The van der Waals surface area contributed by atoms with E-state index in [9.17, 15) is 4.79 Å². The maximum Gasteiger partial charge on any atom is 0.337 e. The Bertz CT molecular complexity index is 561. The summed E-state index contributed by atoms with van der Waals surface area (Å²) >= 11 is 2.35. The molecule has 0 bridgehead atoms. The summed E-state index contributed by atoms with van der Waals surface area (Å²) in [4.78, 5) is 11.5. The molecule has 0 atom stereocenters. The van der Waals surface area contributed by atoms with Gasteiger partial charge in [0.15, 0.2) is 0 Å². The highest BCUT2D eigenvalue weighted by Gasteiger charge is 2.05. The van der Waals surface area contributed by atoms with Gasteiger partial charge in [0, 0.05) is 4.43 Å². The first kappa shape index (κ1) is 14.1. The molecule has 2 aromatic carbocycles. The second-order valence-electron chi connectivity index (χ2n) is 4.32. The standard InChI is InChI=1S/C16H15IO2/c1-19-16(18)15-4-2-3-14(10-15)9-12-5-7-13(11-17)8-6-12/h2-8,10H,9,11H2,1H3. The van der Waals surface area contributed by atoms with Gasteiger partial charge in [-0.2, -0.15) is 0 Å². The molecule has 19 heavy (non-hydrogen) atoms. The van der Waals surface area contributed by atoms with E-state index in [1.165, 1.54) is 18.2 Å². The summed E-state index contributed by atoms with van der Waals surface area (Å²) in [6.07, 6.45) is 0.826. The van der Waals surface area contributed by atoms with Crippen molar-refractivity contribution in [3.05, 3.63) is 70.8 Å². The van der Waals surface area contributed by atoms with E-state index in [1.807, 2.05) is 18.2 Å². The summed E-state index contributed by atoms with van der Waals surface area (Å²) in [5, 5.41) is 0. The van der Waals surface area contributed by atoms with E-state index in [0.29, 0.717) is 5.56 Å². The Labute approximate surface area is 126 Å². The Morgan fingerprint density at radius 3 is 2.37 bits per heavy atom. The third-order valence-electron chi connectivity index (χ3n) is 2.93. The number of alkyl halides is 1. The Hall–Kier alpha value is -1.36. The van der Waals surface area contributed by atoms with Crippen molar-refractivity contribution < 1.29 is 9.53 Å². The minimum absolute atomic E-state index is 0.290. The van der Waals surface area contributed by atoms with Crippen LogP contribution >= 0.6 is 22.6 Å². The summed E-state index contributed by atoms with van der Waals surface area (Å²) in [6.45, 7) is 0. The van der Waals surface area contributed by atoms with Crippen molar-refractivity contribution in [1.29, 1.82) is 0 Å². The fraction of sp³-hybridized carbons (Fsp3) is 0.188. The smallest absolute Gasteiger partial charge is 0.337 e. The monoisotopic (exact) mass is 366 g/mol. The molecule has 0 aliphatic rings. The summed E-state index contributed by atoms with van der Waals surface area (Å²) < 4.78 is 5.76. The van der Waals surface area contributed by atoms with E-state index in [4.69, 9.17) is 4.74 Å². The van der Waals surface area contributed by atoms with E-state index in [1.54, 1.807) is 6.07 Å². The Kier molecular flexibility index (Phi) is 4.96. The zero-order valence-corrected chi connectivity index (χ0v) is 12.9. The third kappa shape index (κ3) is 3.80. The SMILES string of the molecule is COC(=O)c1cccc(Cc2ccc(CI)cc2)c1. The lowest BCUT2D eigenvalue weighted by molar-refractivity contribution is 0.0600. The van der Waals surface area contributed by atoms with Gasteiger partial charge in [0.05, 0.1) is 12.7 Å². The van der Waals surface area contributed by atoms with Crippen molar-refractivity contribution in [3.63, 3.8) is 0 Å². The minimum Gasteiger partial charge on any atom is -0.465 e. The van der Waals surface area contributed by atoms with Gasteiger partial charge in [0.1, 0.15) is 0 Å². The van der Waals surface area contributed by atoms with Gasteiger partial charge in [-0.15, -0.1) is 0 Å². The highest BCUT2D eigenvalue weighted by molar-refractivity contribution is 14.1. The number of hydrogen-bond donors (Lipinski definition) is 0. The topological polar surface area (TPSA) is 26.3 Å². The van der Waals surface area contributed by atoms with Gasteiger partial charge in [-0.3, -0.25) is 0 Å². The van der Waals surface area contributed by atoms with E-state index in [-0.39, 0.29) is 5.97 Å². The van der Waals surface area contributed by atoms with E-state index >= 15 is 0 Å². The third-order valence-corrected chi connectivity index (χ3v) is 3.81. The van der Waals surface area contributed by atoms with Crippen molar-refractivity contribution in [2.75, 3.05) is 7.11 Å². The molecule has 0 heterocycles. The fourth-order valence-corrected chi connectivity index (χ4v) is 2.42. The predicted octanol–water partition coefficient (Wildman–Crippen LogP) is 4.00. The zero-order chi connectivity index (χ0) is 13.7. The molecular formula is C16H15IO2. The lowest BCUT2D eigenvalue weighted by Crippen LogP contribution is -2.01. The Morgan fingerprint density at radius 2 is 1.74 bits per heavy atom. The minimum atomic E-state index is -0.290. The first-order chi connectivity index (χ1) is 9.22. The molecule has 2 nitrogen and oxygen atoms in total. The molecule has 3 heteroatoms. The second-order valence-corrected chi connectivity index (χ2v) is 5.08. The molecule has 0 saturated carbocycles. The number of methoxy groups -OCH3 is 1. The predicted molar refractivity (Wildman–Crippen MR) is 84.8 cm³/mol. The Balaban J connectivity index is 2.16. The number of carbonyl (C=O) groups excluding carboxylic acids is 1. The van der Waals surface area contributed by atoms with Crippen LogP contribution in [-0.2, 0) is 15.6 Å². The highest BCUT2D eigenvalue weighted by Crippen LogP contribution is 2.14. The molecule has 0 saturated heterocycles. The van der Waals surface area contributed by atoms with Crippen LogP contribution in [0, 0.1) is 0 Å². The normalized spacial score (nSPS) is 10.2. The number of benzene rings is 2. The van der Waals surface area contributed by atoms with Crippen LogP contribution < -0.4 is 0 Å². The molecule has 0 amide bonds. The molecule has 2 aromatic rings. The average molecular weight is 366 g/mol. The molecular weight excluding hydrogens is 351 g/mol. The molecule has 98 valence electrons. The summed E-state index contributed by atoms with van der Waals surface area (Å²) in [7, 11) is 1.40. The van der Waals surface area contributed by atoms with E-state index in [0.717, 1.165) is 16.4 Å². The fourth-order valence-electron chi connectivity index (χ4n) is 1.91. The number of halogens is 1. The lowest BCUT2D eigenvalue weighted by Gasteiger charge is -2.05. The number of hydrogen-bond acceptors (Lipinski definition) is 2. The van der Waals surface area contributed by atoms with Crippen LogP contribution in [0.2, 0.25) is 0 Å². The van der Waals surface area contributed by atoms with E-state index in [2.05, 4.69) is 46.9 Å². The van der Waals surface area contributed by atoms with Gasteiger partial charge in [-0.1, -0.05) is 59.0 Å². The largest absolute Gasteiger partial charge is 0.465 e. The van der Waals surface area contributed by atoms with Crippen LogP contribution in [0.25, 0.3) is 0 Å². The van der Waals surface area contributed by atoms with Crippen LogP contribution in [0.3, 0.4) is 0 Å². The Morgan fingerprint density at radius 1 is 1.05 bits per heavy atom. The van der Waals surface area contributed by atoms with Crippen LogP contribution in [0.15, 0.2) is 48.5 Å². The molecule has 0 aliphatic carbocycles. The molecule has 0 aliphatic heterocycles. The molecule has 0 radical (unpaired) electrons. The van der Waals surface area contributed by atoms with Crippen LogP contribution in [0.4, 0.5) is 0 Å². The van der Waals surface area contributed by atoms with Crippen LogP contribution in [-0.4, -0.2) is 13.1 Å². The molecule has 0 spiro atoms. The molecule has 0 N–H and O–H groups in total. The van der Waals surface area contributed by atoms with Gasteiger partial charge in [-0.25, -0.2) is 4.79 Å². The first-order valence-electron chi connectivity index (χ1n) is 6.04. The van der Waals surface area contributed by atoms with Gasteiger partial charge >= 0.3 is 5.97 Å². The zero-order valence-electron chi connectivity index (χ0n) is 10.7. The molecule has 0 unspecified atom stereocenters. The van der Waals surface area contributed by atoms with E-state index < -0.39 is 0 Å². The summed E-state index contributed by atoms with van der Waals surface area (Å²) in [5.74, 6) is -0.290. The summed E-state index contributed by atoms with van der Waals surface area (Å²) in [5.41, 5.74) is 4.29. The second kappa shape index (κ2) is 6.70. The maximum atomic E-state index is 11.5. The van der Waals surface area contributed by atoms with Gasteiger partial charge in [-0.05, 0) is 35.2 Å². The van der Waals surface area contributed by atoms with Gasteiger partial charge in [0.2, 0.25) is 0 Å². The van der Waals surface area contributed by atoms with Crippen molar-refractivity contribution in [2.45, 2.75) is 10.8 Å². The average Bonchev–Trinajstić information content (AvgIpc) is 2.47. The molecule has 0 aromatic heterocycles. The molecule has 2 rings (SSSR count). The number of carbonyl (C=O) groups is 1. The van der Waals surface area contributed by atoms with Crippen molar-refractivity contribution in [2.24, 2.45) is 0 Å². The van der Waals surface area contributed by atoms with Gasteiger partial charge in [0.25, 0.3) is 0 Å². The first-order valence-corrected chi connectivity index (χ1v) is 7.56. The van der Waals surface area contributed by atoms with Crippen LogP contribution in [0.5, 0.6) is 0 Å². The van der Waals surface area contributed by atoms with Crippen molar-refractivity contribution in [3.8, 4) is 0 Å². The lowest BCUT2D eigenvalue weighted by atomic mass is 10.0. The quantitative estimate of drug-likeness (QED) is 0.465. The summed E-state index contributed by atoms with van der Waals surface area (Å²) in [6, 6.07) is 16.1. The highest BCUT2D eigenvalue weighted by atomic mass is 127. The molecule has 0 fully saturated rings.